The van der Waals surface area contributed by atoms with Crippen LogP contribution >= 0.6 is 0 Å². The minimum Gasteiger partial charge on any atom is -0.497 e. The lowest BCUT2D eigenvalue weighted by molar-refractivity contribution is 0.214. The van der Waals surface area contributed by atoms with Crippen LogP contribution in [0.1, 0.15) is 18.4 Å². The summed E-state index contributed by atoms with van der Waals surface area (Å²) in [7, 11) is 1.65. The van der Waals surface area contributed by atoms with Crippen LogP contribution in [0.4, 0.5) is 11.6 Å². The quantitative estimate of drug-likeness (QED) is 0.674. The second-order valence-electron chi connectivity index (χ2n) is 7.23. The number of piperidine rings is 1. The number of nitrogens with one attached hydrogen (secondary N) is 2. The van der Waals surface area contributed by atoms with E-state index >= 15 is 0 Å². The molecule has 1 fully saturated rings. The van der Waals surface area contributed by atoms with E-state index in [1.807, 2.05) is 36.5 Å². The van der Waals surface area contributed by atoms with Crippen LogP contribution in [0, 0.1) is 12.8 Å². The normalized spacial score (nSPS) is 14.8. The van der Waals surface area contributed by atoms with E-state index in [1.165, 1.54) is 12.8 Å². The van der Waals surface area contributed by atoms with E-state index in [9.17, 15) is 0 Å². The zero-order chi connectivity index (χ0) is 19.3. The molecule has 2 N–H and O–H groups in total. The third kappa shape index (κ3) is 4.34. The molecular formula is C22H26N4O2. The largest absolute Gasteiger partial charge is 0.497 e. The van der Waals surface area contributed by atoms with Gasteiger partial charge in [0.1, 0.15) is 11.5 Å². The number of hydrogen-bond acceptors (Lipinski definition) is 6. The predicted octanol–water partition coefficient (Wildman–Crippen LogP) is 4.07. The number of benzene rings is 2. The topological polar surface area (TPSA) is 68.3 Å². The summed E-state index contributed by atoms with van der Waals surface area (Å²) < 4.78 is 11.4. The lowest BCUT2D eigenvalue weighted by Gasteiger charge is -2.23. The molecule has 0 amide bonds. The van der Waals surface area contributed by atoms with E-state index in [4.69, 9.17) is 9.47 Å². The van der Waals surface area contributed by atoms with Crippen LogP contribution in [0.25, 0.3) is 10.9 Å². The summed E-state index contributed by atoms with van der Waals surface area (Å²) in [6.45, 7) is 4.99. The van der Waals surface area contributed by atoms with Crippen LogP contribution in [0.5, 0.6) is 11.5 Å². The van der Waals surface area contributed by atoms with Gasteiger partial charge in [0.25, 0.3) is 0 Å². The fraction of sp³-hybridized carbons (Fsp3) is 0.364. The Hall–Kier alpha value is -2.86. The summed E-state index contributed by atoms with van der Waals surface area (Å²) in [5, 5.41) is 7.64. The lowest BCUT2D eigenvalue weighted by Crippen LogP contribution is -2.30. The molecular weight excluding hydrogens is 352 g/mol. The first-order valence-electron chi connectivity index (χ1n) is 9.73. The van der Waals surface area contributed by atoms with Gasteiger partial charge >= 0.3 is 0 Å². The number of methoxy groups -OCH3 is 1. The van der Waals surface area contributed by atoms with Gasteiger partial charge in [0.05, 0.1) is 19.2 Å². The number of rotatable bonds is 6. The summed E-state index contributed by atoms with van der Waals surface area (Å²) >= 11 is 0. The highest BCUT2D eigenvalue weighted by Gasteiger charge is 2.14. The summed E-state index contributed by atoms with van der Waals surface area (Å²) in [6, 6.07) is 11.8. The van der Waals surface area contributed by atoms with Crippen molar-refractivity contribution in [3.05, 3.63) is 48.2 Å². The van der Waals surface area contributed by atoms with Crippen molar-refractivity contribution >= 4 is 22.5 Å². The van der Waals surface area contributed by atoms with E-state index in [0.29, 0.717) is 11.9 Å². The van der Waals surface area contributed by atoms with Crippen molar-refractivity contribution in [2.75, 3.05) is 32.1 Å². The standard InChI is InChI=1S/C22H26N4O2/c1-15-10-17-13-24-22(25-18-4-3-5-19(11-18)27-2)26-20(17)12-21(15)28-14-16-6-8-23-9-7-16/h3-5,10-13,16,23H,6-9,14H2,1-2H3,(H,24,25,26). The van der Waals surface area contributed by atoms with Crippen LogP contribution in [0.3, 0.4) is 0 Å². The summed E-state index contributed by atoms with van der Waals surface area (Å²) in [6.07, 6.45) is 4.18. The maximum Gasteiger partial charge on any atom is 0.227 e. The van der Waals surface area contributed by atoms with Gasteiger partial charge < -0.3 is 20.1 Å². The molecule has 0 atom stereocenters. The van der Waals surface area contributed by atoms with Gasteiger partial charge in [-0.3, -0.25) is 0 Å². The van der Waals surface area contributed by atoms with Crippen molar-refractivity contribution in [2.45, 2.75) is 19.8 Å². The SMILES string of the molecule is COc1cccc(Nc2ncc3cc(C)c(OCC4CCNCC4)cc3n2)c1. The Kier molecular flexibility index (Phi) is 5.58. The molecule has 1 aliphatic heterocycles. The summed E-state index contributed by atoms with van der Waals surface area (Å²) in [5.41, 5.74) is 2.86. The van der Waals surface area contributed by atoms with Crippen LogP contribution in [-0.4, -0.2) is 36.8 Å². The van der Waals surface area contributed by atoms with Gasteiger partial charge in [-0.2, -0.15) is 0 Å². The van der Waals surface area contributed by atoms with Crippen molar-refractivity contribution < 1.29 is 9.47 Å². The van der Waals surface area contributed by atoms with E-state index < -0.39 is 0 Å². The first-order valence-corrected chi connectivity index (χ1v) is 9.73. The molecule has 4 rings (SSSR count). The molecule has 3 aromatic rings. The van der Waals surface area contributed by atoms with Gasteiger partial charge in [0, 0.05) is 29.4 Å². The minimum atomic E-state index is 0.550. The molecule has 1 saturated heterocycles. The molecule has 146 valence electrons. The molecule has 0 aliphatic carbocycles. The van der Waals surface area contributed by atoms with E-state index in [2.05, 4.69) is 33.6 Å². The molecule has 6 nitrogen and oxygen atoms in total. The van der Waals surface area contributed by atoms with Crippen molar-refractivity contribution in [1.29, 1.82) is 0 Å². The Morgan fingerprint density at radius 3 is 2.86 bits per heavy atom. The Morgan fingerprint density at radius 1 is 1.18 bits per heavy atom. The molecule has 0 unspecified atom stereocenters. The third-order valence-corrected chi connectivity index (χ3v) is 5.14. The highest BCUT2D eigenvalue weighted by atomic mass is 16.5. The van der Waals surface area contributed by atoms with E-state index in [1.54, 1.807) is 7.11 Å². The van der Waals surface area contributed by atoms with Crippen LogP contribution in [0.2, 0.25) is 0 Å². The fourth-order valence-electron chi connectivity index (χ4n) is 3.48. The molecule has 28 heavy (non-hydrogen) atoms. The van der Waals surface area contributed by atoms with Gasteiger partial charge in [-0.25, -0.2) is 9.97 Å². The second kappa shape index (κ2) is 8.44. The zero-order valence-corrected chi connectivity index (χ0v) is 16.4. The number of nitrogens with zero attached hydrogens (tertiary/aromatic N) is 2. The Morgan fingerprint density at radius 2 is 2.04 bits per heavy atom. The maximum absolute atomic E-state index is 6.15. The second-order valence-corrected chi connectivity index (χ2v) is 7.23. The number of anilines is 2. The van der Waals surface area contributed by atoms with E-state index in [-0.39, 0.29) is 0 Å². The number of ether oxygens (including phenoxy) is 2. The Balaban J connectivity index is 1.53. The van der Waals surface area contributed by atoms with E-state index in [0.717, 1.165) is 53.3 Å². The molecule has 1 aliphatic rings. The molecule has 6 heteroatoms. The number of aromatic nitrogens is 2. The lowest BCUT2D eigenvalue weighted by atomic mass is 9.99. The number of hydrogen-bond donors (Lipinski definition) is 2. The predicted molar refractivity (Wildman–Crippen MR) is 112 cm³/mol. The molecule has 0 spiro atoms. The number of fused-ring (bicyclic) bond motifs is 1. The van der Waals surface area contributed by atoms with Crippen LogP contribution < -0.4 is 20.1 Å². The molecule has 0 saturated carbocycles. The average molecular weight is 378 g/mol. The van der Waals surface area contributed by atoms with Crippen LogP contribution in [-0.2, 0) is 0 Å². The molecule has 0 radical (unpaired) electrons. The molecule has 0 bridgehead atoms. The van der Waals surface area contributed by atoms with Gasteiger partial charge in [-0.15, -0.1) is 0 Å². The Labute approximate surface area is 165 Å². The first-order chi connectivity index (χ1) is 13.7. The average Bonchev–Trinajstić information content (AvgIpc) is 2.73. The highest BCUT2D eigenvalue weighted by Crippen LogP contribution is 2.27. The first kappa shape index (κ1) is 18.5. The summed E-state index contributed by atoms with van der Waals surface area (Å²) in [5.74, 6) is 2.85. The monoisotopic (exact) mass is 378 g/mol. The van der Waals surface area contributed by atoms with Crippen molar-refractivity contribution in [2.24, 2.45) is 5.92 Å². The van der Waals surface area contributed by atoms with Crippen molar-refractivity contribution in [1.82, 2.24) is 15.3 Å². The van der Waals surface area contributed by atoms with Crippen LogP contribution in [0.15, 0.2) is 42.6 Å². The fourth-order valence-corrected chi connectivity index (χ4v) is 3.48. The molecule has 2 aromatic carbocycles. The van der Waals surface area contributed by atoms with Gasteiger partial charge in [0.2, 0.25) is 5.95 Å². The zero-order valence-electron chi connectivity index (χ0n) is 16.4. The molecule has 2 heterocycles. The van der Waals surface area contributed by atoms with Crippen molar-refractivity contribution in [3.8, 4) is 11.5 Å². The minimum absolute atomic E-state index is 0.550. The third-order valence-electron chi connectivity index (χ3n) is 5.14. The Bertz CT molecular complexity index is 954. The van der Waals surface area contributed by atoms with Gasteiger partial charge in [-0.05, 0) is 62.5 Å². The highest BCUT2D eigenvalue weighted by molar-refractivity contribution is 5.81. The van der Waals surface area contributed by atoms with Gasteiger partial charge in [0.15, 0.2) is 0 Å². The molecule has 1 aromatic heterocycles. The smallest absolute Gasteiger partial charge is 0.227 e. The van der Waals surface area contributed by atoms with Crippen molar-refractivity contribution in [3.63, 3.8) is 0 Å². The maximum atomic E-state index is 6.15. The van der Waals surface area contributed by atoms with Gasteiger partial charge in [-0.1, -0.05) is 6.07 Å². The number of aryl methyl sites for hydroxylation is 1. The summed E-state index contributed by atoms with van der Waals surface area (Å²) in [4.78, 5) is 9.11.